The van der Waals surface area contributed by atoms with Gasteiger partial charge in [-0.25, -0.2) is 4.68 Å². The zero-order valence-electron chi connectivity index (χ0n) is 20.4. The van der Waals surface area contributed by atoms with E-state index in [1.54, 1.807) is 41.6 Å². The number of fused-ring (bicyclic) bond motifs is 2. The summed E-state index contributed by atoms with van der Waals surface area (Å²) >= 11 is 6.30. The lowest BCUT2D eigenvalue weighted by Crippen LogP contribution is -2.48. The van der Waals surface area contributed by atoms with Gasteiger partial charge in [-0.1, -0.05) is 23.7 Å². The molecule has 2 aliphatic rings. The number of likely N-dealkylation sites (tertiary alicyclic amines) is 1. The highest BCUT2D eigenvalue weighted by Crippen LogP contribution is 2.47. The topological polar surface area (TPSA) is 80.1 Å². The molecule has 7 nitrogen and oxygen atoms in total. The predicted octanol–water partition coefficient (Wildman–Crippen LogP) is 5.73. The average molecular weight is 552 g/mol. The van der Waals surface area contributed by atoms with Crippen LogP contribution in [-0.4, -0.2) is 44.6 Å². The number of aromatic nitrogens is 3. The average Bonchev–Trinajstić information content (AvgIpc) is 3.50. The summed E-state index contributed by atoms with van der Waals surface area (Å²) in [6.45, 7) is 0.659. The molecular formula is C28H21ClF3N5O2. The Bertz CT molecular complexity index is 1580. The summed E-state index contributed by atoms with van der Waals surface area (Å²) in [4.78, 5) is 32.2. The summed E-state index contributed by atoms with van der Waals surface area (Å²) in [6.07, 6.45) is -0.446. The van der Waals surface area contributed by atoms with Crippen LogP contribution in [0.25, 0.3) is 16.9 Å². The van der Waals surface area contributed by atoms with Gasteiger partial charge >= 0.3 is 6.18 Å². The van der Waals surface area contributed by atoms with E-state index in [9.17, 15) is 22.8 Å². The standard InChI is InChI=1S/C28H21ClF3N5O2/c29-21-3-1-2-20-24(21)34-26(39)27(20)10-14-36(15-11-27)25(38)22-16-23(17-8-12-33-13-9-17)37(35-22)19-6-4-18(5-7-19)28(30,31)32/h1-9,12-13,16H,10-11,14-15H2,(H,34,39). The molecule has 1 fully saturated rings. The molecule has 2 aliphatic heterocycles. The number of anilines is 1. The number of amides is 2. The first-order chi connectivity index (χ1) is 18.7. The van der Waals surface area contributed by atoms with Gasteiger partial charge in [0.05, 0.1) is 33.1 Å². The van der Waals surface area contributed by atoms with Crippen molar-refractivity contribution in [3.05, 3.63) is 94.9 Å². The van der Waals surface area contributed by atoms with E-state index in [1.807, 2.05) is 12.1 Å². The van der Waals surface area contributed by atoms with E-state index in [0.29, 0.717) is 53.6 Å². The molecule has 4 aromatic rings. The molecule has 1 spiro atoms. The molecule has 39 heavy (non-hydrogen) atoms. The number of pyridine rings is 1. The van der Waals surface area contributed by atoms with Gasteiger partial charge in [-0.05, 0) is 66.9 Å². The van der Waals surface area contributed by atoms with Crippen molar-refractivity contribution in [1.82, 2.24) is 19.7 Å². The third kappa shape index (κ3) is 4.24. The van der Waals surface area contributed by atoms with Crippen LogP contribution < -0.4 is 5.32 Å². The van der Waals surface area contributed by atoms with Gasteiger partial charge in [-0.3, -0.25) is 14.6 Å². The maximum absolute atomic E-state index is 13.6. The summed E-state index contributed by atoms with van der Waals surface area (Å²) in [7, 11) is 0. The van der Waals surface area contributed by atoms with Gasteiger partial charge in [0.25, 0.3) is 5.91 Å². The smallest absolute Gasteiger partial charge is 0.337 e. The third-order valence-corrected chi connectivity index (χ3v) is 7.77. The van der Waals surface area contributed by atoms with E-state index in [0.717, 1.165) is 17.7 Å². The van der Waals surface area contributed by atoms with Crippen molar-refractivity contribution in [1.29, 1.82) is 0 Å². The number of para-hydroxylation sites is 1. The molecule has 0 radical (unpaired) electrons. The maximum atomic E-state index is 13.6. The van der Waals surface area contributed by atoms with Crippen molar-refractivity contribution in [3.8, 4) is 16.9 Å². The number of halogens is 4. The molecule has 4 heterocycles. The number of benzene rings is 2. The van der Waals surface area contributed by atoms with Crippen LogP contribution in [-0.2, 0) is 16.4 Å². The zero-order valence-corrected chi connectivity index (χ0v) is 21.1. The lowest BCUT2D eigenvalue weighted by atomic mass is 9.73. The number of alkyl halides is 3. The minimum absolute atomic E-state index is 0.121. The molecule has 0 saturated carbocycles. The van der Waals surface area contributed by atoms with Crippen LogP contribution in [0.4, 0.5) is 18.9 Å². The fourth-order valence-electron chi connectivity index (χ4n) is 5.36. The lowest BCUT2D eigenvalue weighted by Gasteiger charge is -2.37. The minimum atomic E-state index is -4.47. The Morgan fingerprint density at radius 1 is 1.00 bits per heavy atom. The van der Waals surface area contributed by atoms with Gasteiger partial charge < -0.3 is 10.2 Å². The van der Waals surface area contributed by atoms with Crippen LogP contribution in [0.2, 0.25) is 5.02 Å². The predicted molar refractivity (Wildman–Crippen MR) is 139 cm³/mol. The second-order valence-corrected chi connectivity index (χ2v) is 10.0. The number of hydrogen-bond acceptors (Lipinski definition) is 4. The Balaban J connectivity index is 1.30. The molecular weight excluding hydrogens is 531 g/mol. The summed E-state index contributed by atoms with van der Waals surface area (Å²) in [5.41, 5.74) is 1.71. The monoisotopic (exact) mass is 551 g/mol. The molecule has 0 unspecified atom stereocenters. The highest BCUT2D eigenvalue weighted by atomic mass is 35.5. The van der Waals surface area contributed by atoms with Crippen molar-refractivity contribution in [2.75, 3.05) is 18.4 Å². The molecule has 1 saturated heterocycles. The Hall–Kier alpha value is -4.18. The second kappa shape index (κ2) is 9.23. The number of nitrogens with one attached hydrogen (secondary N) is 1. The summed E-state index contributed by atoms with van der Waals surface area (Å²) < 4.78 is 40.8. The first kappa shape index (κ1) is 25.1. The summed E-state index contributed by atoms with van der Waals surface area (Å²) in [5, 5.41) is 7.88. The fraction of sp³-hybridized carbons (Fsp3) is 0.214. The maximum Gasteiger partial charge on any atom is 0.416 e. The van der Waals surface area contributed by atoms with E-state index in [1.165, 1.54) is 16.8 Å². The quantitative estimate of drug-likeness (QED) is 0.352. The molecule has 0 atom stereocenters. The van der Waals surface area contributed by atoms with Gasteiger partial charge in [0.2, 0.25) is 5.91 Å². The van der Waals surface area contributed by atoms with Crippen molar-refractivity contribution in [3.63, 3.8) is 0 Å². The largest absolute Gasteiger partial charge is 0.416 e. The molecule has 2 amide bonds. The number of rotatable bonds is 3. The molecule has 0 bridgehead atoms. The van der Waals surface area contributed by atoms with Crippen LogP contribution in [0, 0.1) is 0 Å². The highest BCUT2D eigenvalue weighted by molar-refractivity contribution is 6.34. The number of piperidine rings is 1. The second-order valence-electron chi connectivity index (χ2n) is 9.60. The molecule has 2 aromatic carbocycles. The molecule has 6 rings (SSSR count). The Morgan fingerprint density at radius 3 is 2.36 bits per heavy atom. The number of carbonyl (C=O) groups excluding carboxylic acids is 2. The van der Waals surface area contributed by atoms with Crippen LogP contribution in [0.5, 0.6) is 0 Å². The van der Waals surface area contributed by atoms with Crippen molar-refractivity contribution in [2.45, 2.75) is 24.4 Å². The van der Waals surface area contributed by atoms with Crippen LogP contribution in [0.15, 0.2) is 73.1 Å². The van der Waals surface area contributed by atoms with Crippen LogP contribution >= 0.6 is 11.6 Å². The Morgan fingerprint density at radius 2 is 1.69 bits per heavy atom. The molecule has 198 valence electrons. The van der Waals surface area contributed by atoms with Gasteiger partial charge in [-0.2, -0.15) is 18.3 Å². The van der Waals surface area contributed by atoms with Gasteiger partial charge in [-0.15, -0.1) is 0 Å². The third-order valence-electron chi connectivity index (χ3n) is 7.45. The van der Waals surface area contributed by atoms with Crippen LogP contribution in [0.3, 0.4) is 0 Å². The zero-order chi connectivity index (χ0) is 27.4. The first-order valence-corrected chi connectivity index (χ1v) is 12.6. The molecule has 1 N–H and O–H groups in total. The highest BCUT2D eigenvalue weighted by Gasteiger charge is 2.49. The first-order valence-electron chi connectivity index (χ1n) is 12.3. The Kier molecular flexibility index (Phi) is 5.95. The van der Waals surface area contributed by atoms with Gasteiger partial charge in [0.1, 0.15) is 0 Å². The van der Waals surface area contributed by atoms with Gasteiger partial charge in [0.15, 0.2) is 5.69 Å². The van der Waals surface area contributed by atoms with E-state index >= 15 is 0 Å². The normalized spacial score (nSPS) is 16.3. The number of carbonyl (C=O) groups is 2. The molecule has 11 heteroatoms. The van der Waals surface area contributed by atoms with Crippen molar-refractivity contribution < 1.29 is 22.8 Å². The molecule has 0 aliphatic carbocycles. The fourth-order valence-corrected chi connectivity index (χ4v) is 5.58. The summed E-state index contributed by atoms with van der Waals surface area (Å²) in [5.74, 6) is -0.445. The minimum Gasteiger partial charge on any atom is -0.337 e. The van der Waals surface area contributed by atoms with E-state index in [-0.39, 0.29) is 17.5 Å². The van der Waals surface area contributed by atoms with Crippen molar-refractivity contribution in [2.24, 2.45) is 0 Å². The van der Waals surface area contributed by atoms with E-state index in [4.69, 9.17) is 11.6 Å². The summed E-state index contributed by atoms with van der Waals surface area (Å²) in [6, 6.07) is 15.1. The lowest BCUT2D eigenvalue weighted by molar-refractivity contribution is -0.137. The number of hydrogen-bond donors (Lipinski definition) is 1. The molecule has 2 aromatic heterocycles. The number of nitrogens with zero attached hydrogens (tertiary/aromatic N) is 4. The van der Waals surface area contributed by atoms with Gasteiger partial charge in [0, 0.05) is 31.0 Å². The van der Waals surface area contributed by atoms with Crippen molar-refractivity contribution >= 4 is 29.1 Å². The van der Waals surface area contributed by atoms with E-state index in [2.05, 4.69) is 15.4 Å². The SMILES string of the molecule is O=C(c1cc(-c2ccncc2)n(-c2ccc(C(F)(F)F)cc2)n1)N1CCC2(CC1)C(=O)Nc1c(Cl)cccc12. The van der Waals surface area contributed by atoms with E-state index < -0.39 is 17.2 Å². The Labute approximate surface area is 226 Å². The van der Waals surface area contributed by atoms with Crippen LogP contribution in [0.1, 0.15) is 34.5 Å².